The molecule has 1 aromatic rings. The molecule has 0 heterocycles. The molecule has 0 fully saturated rings. The lowest BCUT2D eigenvalue weighted by Gasteiger charge is -2.32. The quantitative estimate of drug-likeness (QED) is 0.464. The van der Waals surface area contributed by atoms with Gasteiger partial charge >= 0.3 is 0 Å². The second-order valence-electron chi connectivity index (χ2n) is 4.71. The third kappa shape index (κ3) is 3.46. The number of nitrogens with zero attached hydrogens (tertiary/aromatic N) is 1. The normalized spacial score (nSPS) is 15.3. The van der Waals surface area contributed by atoms with Crippen LogP contribution in [0.3, 0.4) is 0 Å². The van der Waals surface area contributed by atoms with Crippen molar-refractivity contribution in [3.63, 3.8) is 0 Å². The van der Waals surface area contributed by atoms with Gasteiger partial charge in [0.05, 0.1) is 0 Å². The van der Waals surface area contributed by atoms with Crippen molar-refractivity contribution in [2.24, 2.45) is 0 Å². The maximum atomic E-state index is 9.57. The molecule has 0 saturated heterocycles. The average Bonchev–Trinajstić information content (AvgIpc) is 2.39. The molecule has 0 aliphatic rings. The summed E-state index contributed by atoms with van der Waals surface area (Å²) in [5.74, 6) is 0. The van der Waals surface area contributed by atoms with Gasteiger partial charge in [-0.2, -0.15) is 5.26 Å². The molecule has 0 aliphatic heterocycles. The molecule has 0 aliphatic carbocycles. The molecule has 0 spiro atoms. The van der Waals surface area contributed by atoms with Gasteiger partial charge in [-0.3, -0.25) is 0 Å². The van der Waals surface area contributed by atoms with Gasteiger partial charge < -0.3 is 4.43 Å². The van der Waals surface area contributed by atoms with Crippen LogP contribution in [0.25, 0.3) is 0 Å². The van der Waals surface area contributed by atoms with Crippen molar-refractivity contribution in [3.05, 3.63) is 48.0 Å². The highest BCUT2D eigenvalue weighted by atomic mass is 35.5. The zero-order chi connectivity index (χ0) is 13.6. The first-order valence-electron chi connectivity index (χ1n) is 5.86. The molecule has 0 bridgehead atoms. The summed E-state index contributed by atoms with van der Waals surface area (Å²) in [6.45, 7) is 5.91. The summed E-state index contributed by atoms with van der Waals surface area (Å²) in [6, 6.07) is 11.8. The monoisotopic (exact) mass is 279 g/mol. The van der Waals surface area contributed by atoms with E-state index in [0.29, 0.717) is 5.50 Å². The molecular weight excluding hydrogens is 262 g/mol. The summed E-state index contributed by atoms with van der Waals surface area (Å²) in [5, 5.41) is 9.57. The van der Waals surface area contributed by atoms with Crippen molar-refractivity contribution in [3.8, 4) is 6.07 Å². The van der Waals surface area contributed by atoms with E-state index >= 15 is 0 Å². The van der Waals surface area contributed by atoms with Crippen LogP contribution in [-0.2, 0) is 10.0 Å². The second-order valence-corrected chi connectivity index (χ2v) is 9.50. The minimum atomic E-state index is -2.06. The van der Waals surface area contributed by atoms with Crippen LogP contribution in [0, 0.1) is 11.3 Å². The highest BCUT2D eigenvalue weighted by molar-refractivity contribution is 6.77. The van der Waals surface area contributed by atoms with E-state index < -0.39 is 13.9 Å². The molecule has 0 amide bonds. The summed E-state index contributed by atoms with van der Waals surface area (Å²) >= 11 is 5.95. The van der Waals surface area contributed by atoms with Gasteiger partial charge in [-0.1, -0.05) is 36.4 Å². The molecule has 1 rings (SSSR count). The first kappa shape index (κ1) is 15.0. The molecule has 0 aromatic heterocycles. The Morgan fingerprint density at radius 3 is 2.44 bits per heavy atom. The van der Waals surface area contributed by atoms with Crippen LogP contribution in [0.2, 0.25) is 13.1 Å². The number of hydrogen-bond donors (Lipinski definition) is 0. The predicted molar refractivity (Wildman–Crippen MR) is 77.8 cm³/mol. The Hall–Kier alpha value is -1.08. The molecule has 96 valence electrons. The van der Waals surface area contributed by atoms with Crippen LogP contribution in [-0.4, -0.2) is 13.8 Å². The van der Waals surface area contributed by atoms with Crippen LogP contribution >= 0.6 is 11.6 Å². The number of halogens is 1. The maximum Gasteiger partial charge on any atom is 0.204 e. The van der Waals surface area contributed by atoms with E-state index in [4.69, 9.17) is 16.0 Å². The number of allylic oxidation sites excluding steroid dienone is 1. The van der Waals surface area contributed by atoms with Crippen molar-refractivity contribution in [2.75, 3.05) is 5.50 Å². The van der Waals surface area contributed by atoms with E-state index in [-0.39, 0.29) is 0 Å². The molecule has 1 atom stereocenters. The van der Waals surface area contributed by atoms with Crippen LogP contribution in [0.1, 0.15) is 12.5 Å². The Morgan fingerprint density at radius 2 is 2.00 bits per heavy atom. The molecule has 0 N–H and O–H groups in total. The van der Waals surface area contributed by atoms with Gasteiger partial charge in [0.1, 0.15) is 6.07 Å². The summed E-state index contributed by atoms with van der Waals surface area (Å²) in [6.07, 6.45) is 3.64. The SMILES string of the molecule is C/C=C/C(C#N)(O[Si](C)(C)CCl)c1ccccc1. The van der Waals surface area contributed by atoms with Crippen molar-refractivity contribution < 1.29 is 4.43 Å². The first-order chi connectivity index (χ1) is 8.49. The fourth-order valence-corrected chi connectivity index (χ4v) is 3.02. The van der Waals surface area contributed by atoms with Gasteiger partial charge in [0.2, 0.25) is 8.32 Å². The number of alkyl halides is 1. The highest BCUT2D eigenvalue weighted by Gasteiger charge is 2.37. The minimum Gasteiger partial charge on any atom is -0.392 e. The van der Waals surface area contributed by atoms with Gasteiger partial charge in [0.15, 0.2) is 5.60 Å². The fraction of sp³-hybridized carbons (Fsp3) is 0.357. The first-order valence-corrected chi connectivity index (χ1v) is 9.51. The van der Waals surface area contributed by atoms with Crippen LogP contribution < -0.4 is 0 Å². The van der Waals surface area contributed by atoms with Crippen LogP contribution in [0.5, 0.6) is 0 Å². The minimum absolute atomic E-state index is 0.459. The summed E-state index contributed by atoms with van der Waals surface area (Å²) in [4.78, 5) is 0. The number of hydrogen-bond acceptors (Lipinski definition) is 2. The summed E-state index contributed by atoms with van der Waals surface area (Å²) < 4.78 is 6.11. The molecule has 18 heavy (non-hydrogen) atoms. The topological polar surface area (TPSA) is 33.0 Å². The third-order valence-corrected chi connectivity index (χ3v) is 5.98. The largest absolute Gasteiger partial charge is 0.392 e. The zero-order valence-electron chi connectivity index (χ0n) is 11.0. The van der Waals surface area contributed by atoms with E-state index in [1.807, 2.05) is 56.4 Å². The Labute approximate surface area is 115 Å². The van der Waals surface area contributed by atoms with E-state index in [1.165, 1.54) is 0 Å². The van der Waals surface area contributed by atoms with Crippen molar-refractivity contribution in [1.29, 1.82) is 5.26 Å². The van der Waals surface area contributed by atoms with Gasteiger partial charge in [-0.05, 0) is 26.1 Å². The van der Waals surface area contributed by atoms with Gasteiger partial charge in [0, 0.05) is 11.1 Å². The summed E-state index contributed by atoms with van der Waals surface area (Å²) in [7, 11) is -2.06. The molecule has 1 aromatic carbocycles. The lowest BCUT2D eigenvalue weighted by Crippen LogP contribution is -2.42. The molecule has 2 nitrogen and oxygen atoms in total. The van der Waals surface area contributed by atoms with Crippen molar-refractivity contribution in [2.45, 2.75) is 25.6 Å². The predicted octanol–water partition coefficient (Wildman–Crippen LogP) is 3.98. The van der Waals surface area contributed by atoms with E-state index in [1.54, 1.807) is 6.08 Å². The number of benzene rings is 1. The lowest BCUT2D eigenvalue weighted by molar-refractivity contribution is 0.172. The lowest BCUT2D eigenvalue weighted by atomic mass is 9.95. The Kier molecular flexibility index (Phi) is 5.15. The number of rotatable bonds is 5. The molecule has 1 unspecified atom stereocenters. The standard InChI is InChI=1S/C14H18ClNOSi/c1-4-10-14(11-16,17-18(2,3)12-15)13-8-6-5-7-9-13/h4-10H,12H2,1-3H3/b10-4+. The van der Waals surface area contributed by atoms with Crippen molar-refractivity contribution >= 4 is 19.9 Å². The Morgan fingerprint density at radius 1 is 1.39 bits per heavy atom. The van der Waals surface area contributed by atoms with Gasteiger partial charge in [0.25, 0.3) is 0 Å². The Balaban J connectivity index is 3.24. The van der Waals surface area contributed by atoms with E-state index in [9.17, 15) is 5.26 Å². The van der Waals surface area contributed by atoms with E-state index in [2.05, 4.69) is 6.07 Å². The van der Waals surface area contributed by atoms with Crippen LogP contribution in [0.15, 0.2) is 42.5 Å². The Bertz CT molecular complexity index is 453. The zero-order valence-corrected chi connectivity index (χ0v) is 12.7. The number of nitriles is 1. The second kappa shape index (κ2) is 6.19. The molecule has 4 heteroatoms. The van der Waals surface area contributed by atoms with E-state index in [0.717, 1.165) is 5.56 Å². The smallest absolute Gasteiger partial charge is 0.204 e. The average molecular weight is 280 g/mol. The third-order valence-electron chi connectivity index (χ3n) is 2.53. The fourth-order valence-electron chi connectivity index (χ4n) is 1.70. The van der Waals surface area contributed by atoms with Crippen molar-refractivity contribution in [1.82, 2.24) is 0 Å². The molecule has 0 radical (unpaired) electrons. The summed E-state index contributed by atoms with van der Waals surface area (Å²) in [5.41, 5.74) is 0.276. The highest BCUT2D eigenvalue weighted by Crippen LogP contribution is 2.31. The van der Waals surface area contributed by atoms with Gasteiger partial charge in [-0.25, -0.2) is 0 Å². The van der Waals surface area contributed by atoms with Gasteiger partial charge in [-0.15, -0.1) is 11.6 Å². The molecular formula is C14H18ClNOSi. The molecule has 0 saturated carbocycles. The van der Waals surface area contributed by atoms with Crippen LogP contribution in [0.4, 0.5) is 0 Å². The maximum absolute atomic E-state index is 9.57.